The summed E-state index contributed by atoms with van der Waals surface area (Å²) in [5.41, 5.74) is 0. The van der Waals surface area contributed by atoms with Crippen LogP contribution in [0.25, 0.3) is 0 Å². The number of carbonyl (C=O) groups excluding carboxylic acids is 2. The maximum atomic E-state index is 10.4. The predicted molar refractivity (Wildman–Crippen MR) is 30.8 cm³/mol. The molecule has 0 rings (SSSR count). The SMILES string of the molecule is COC(=O)/C([O-])=C/C(C)=O.[Na+]. The molecule has 0 unspecified atom stereocenters. The van der Waals surface area contributed by atoms with E-state index >= 15 is 0 Å². The standard InChI is InChI=1S/C6H8O4.Na/c1-4(7)3-5(8)6(9)10-2;/h3,8H,1-2H3;/q;+1/p-1/b5-3-;. The fourth-order valence-electron chi connectivity index (χ4n) is 0.344. The third kappa shape index (κ3) is 6.09. The third-order valence-electron chi connectivity index (χ3n) is 0.721. The normalized spacial score (nSPS) is 9.82. The monoisotopic (exact) mass is 166 g/mol. The number of esters is 1. The van der Waals surface area contributed by atoms with Crippen LogP contribution in [0.5, 0.6) is 0 Å². The molecule has 0 fully saturated rings. The zero-order chi connectivity index (χ0) is 8.15. The van der Waals surface area contributed by atoms with Gasteiger partial charge in [-0.3, -0.25) is 4.79 Å². The Hall–Kier alpha value is -0.320. The van der Waals surface area contributed by atoms with E-state index in [1.807, 2.05) is 0 Å². The van der Waals surface area contributed by atoms with E-state index in [4.69, 9.17) is 0 Å². The molecule has 56 valence electrons. The van der Waals surface area contributed by atoms with Gasteiger partial charge in [-0.2, -0.15) is 0 Å². The Balaban J connectivity index is 0. The number of ether oxygens (including phenoxy) is 1. The van der Waals surface area contributed by atoms with E-state index in [1.54, 1.807) is 0 Å². The first-order valence-corrected chi connectivity index (χ1v) is 2.55. The van der Waals surface area contributed by atoms with Crippen molar-refractivity contribution in [1.82, 2.24) is 0 Å². The van der Waals surface area contributed by atoms with Crippen LogP contribution < -0.4 is 34.7 Å². The summed E-state index contributed by atoms with van der Waals surface area (Å²) in [5.74, 6) is -2.40. The van der Waals surface area contributed by atoms with Crippen molar-refractivity contribution < 1.29 is 49.0 Å². The molecule has 0 N–H and O–H groups in total. The third-order valence-corrected chi connectivity index (χ3v) is 0.721. The van der Waals surface area contributed by atoms with Gasteiger partial charge in [0.2, 0.25) is 0 Å². The van der Waals surface area contributed by atoms with Gasteiger partial charge in [-0.1, -0.05) is 0 Å². The van der Waals surface area contributed by atoms with E-state index in [-0.39, 0.29) is 29.6 Å². The van der Waals surface area contributed by atoms with Gasteiger partial charge >= 0.3 is 35.5 Å². The molecule has 0 saturated heterocycles. The average Bonchev–Trinajstić information content (AvgIpc) is 1.85. The van der Waals surface area contributed by atoms with Crippen molar-refractivity contribution in [2.45, 2.75) is 6.92 Å². The number of carbonyl (C=O) groups is 2. The molecule has 11 heavy (non-hydrogen) atoms. The van der Waals surface area contributed by atoms with E-state index in [2.05, 4.69) is 4.74 Å². The van der Waals surface area contributed by atoms with Crippen molar-refractivity contribution >= 4 is 11.8 Å². The van der Waals surface area contributed by atoms with Crippen molar-refractivity contribution in [2.75, 3.05) is 7.11 Å². The van der Waals surface area contributed by atoms with E-state index in [0.29, 0.717) is 6.08 Å². The topological polar surface area (TPSA) is 66.4 Å². The molecule has 0 aromatic rings. The minimum absolute atomic E-state index is 0. The quantitative estimate of drug-likeness (QED) is 0.181. The second kappa shape index (κ2) is 6.39. The number of allylic oxidation sites excluding steroid dienone is 1. The maximum Gasteiger partial charge on any atom is 1.00 e. The van der Waals surface area contributed by atoms with Gasteiger partial charge in [0.25, 0.3) is 0 Å². The molecule has 0 aliphatic heterocycles. The first kappa shape index (κ1) is 13.3. The molecule has 0 saturated carbocycles. The second-order valence-corrected chi connectivity index (χ2v) is 1.61. The summed E-state index contributed by atoms with van der Waals surface area (Å²) in [6.45, 7) is 1.18. The summed E-state index contributed by atoms with van der Waals surface area (Å²) in [5, 5.41) is 10.4. The van der Waals surface area contributed by atoms with Crippen LogP contribution in [0.3, 0.4) is 0 Å². The molecule has 0 aliphatic rings. The summed E-state index contributed by atoms with van der Waals surface area (Å²) in [7, 11) is 1.08. The number of methoxy groups -OCH3 is 1. The predicted octanol–water partition coefficient (Wildman–Crippen LogP) is -4.00. The van der Waals surface area contributed by atoms with Gasteiger partial charge in [-0.15, -0.1) is 0 Å². The summed E-state index contributed by atoms with van der Waals surface area (Å²) >= 11 is 0. The van der Waals surface area contributed by atoms with Gasteiger partial charge in [-0.25, -0.2) is 4.79 Å². The molecule has 0 amide bonds. The van der Waals surface area contributed by atoms with Crippen LogP contribution in [-0.4, -0.2) is 18.9 Å². The second-order valence-electron chi connectivity index (χ2n) is 1.61. The van der Waals surface area contributed by atoms with Gasteiger partial charge in [0.05, 0.1) is 7.11 Å². The number of ketones is 1. The zero-order valence-corrected chi connectivity index (χ0v) is 8.71. The van der Waals surface area contributed by atoms with Crippen LogP contribution in [-0.2, 0) is 14.3 Å². The average molecular weight is 166 g/mol. The Morgan fingerprint density at radius 3 is 2.18 bits per heavy atom. The summed E-state index contributed by atoms with van der Waals surface area (Å²) in [6.07, 6.45) is 0.686. The fourth-order valence-corrected chi connectivity index (χ4v) is 0.344. The fraction of sp³-hybridized carbons (Fsp3) is 0.333. The van der Waals surface area contributed by atoms with Crippen LogP contribution in [0.15, 0.2) is 11.8 Å². The minimum atomic E-state index is -1.02. The summed E-state index contributed by atoms with van der Waals surface area (Å²) < 4.78 is 4.04. The Morgan fingerprint density at radius 2 is 1.91 bits per heavy atom. The number of hydrogen-bond donors (Lipinski definition) is 0. The molecule has 0 aromatic carbocycles. The van der Waals surface area contributed by atoms with Crippen molar-refractivity contribution in [3.63, 3.8) is 0 Å². The minimum Gasteiger partial charge on any atom is -0.868 e. The van der Waals surface area contributed by atoms with Crippen LogP contribution in [0.1, 0.15) is 6.92 Å². The van der Waals surface area contributed by atoms with E-state index in [0.717, 1.165) is 7.11 Å². The Labute approximate surface area is 86.5 Å². The Bertz CT molecular complexity index is 185. The van der Waals surface area contributed by atoms with Gasteiger partial charge in [-0.05, 0) is 18.8 Å². The van der Waals surface area contributed by atoms with Gasteiger partial charge < -0.3 is 9.84 Å². The van der Waals surface area contributed by atoms with E-state index < -0.39 is 17.5 Å². The largest absolute Gasteiger partial charge is 1.00 e. The van der Waals surface area contributed by atoms with Crippen LogP contribution >= 0.6 is 0 Å². The van der Waals surface area contributed by atoms with Crippen molar-refractivity contribution in [2.24, 2.45) is 0 Å². The molecule has 0 spiro atoms. The summed E-state index contributed by atoms with van der Waals surface area (Å²) in [6, 6.07) is 0. The van der Waals surface area contributed by atoms with Gasteiger partial charge in [0, 0.05) is 0 Å². The van der Waals surface area contributed by atoms with Gasteiger partial charge in [0.15, 0.2) is 5.78 Å². The Kier molecular flexibility index (Phi) is 7.72. The molecule has 0 bridgehead atoms. The smallest absolute Gasteiger partial charge is 0.868 e. The van der Waals surface area contributed by atoms with E-state index in [1.165, 1.54) is 6.92 Å². The Morgan fingerprint density at radius 1 is 1.45 bits per heavy atom. The van der Waals surface area contributed by atoms with Gasteiger partial charge in [0.1, 0.15) is 0 Å². The first-order chi connectivity index (χ1) is 4.57. The molecule has 0 heterocycles. The number of rotatable bonds is 2. The van der Waals surface area contributed by atoms with Crippen molar-refractivity contribution in [3.8, 4) is 0 Å². The van der Waals surface area contributed by atoms with Crippen LogP contribution in [0, 0.1) is 0 Å². The van der Waals surface area contributed by atoms with Crippen molar-refractivity contribution in [1.29, 1.82) is 0 Å². The van der Waals surface area contributed by atoms with Crippen LogP contribution in [0.4, 0.5) is 0 Å². The molecule has 0 atom stereocenters. The first-order valence-electron chi connectivity index (χ1n) is 2.55. The molecule has 0 aromatic heterocycles. The zero-order valence-electron chi connectivity index (χ0n) is 6.71. The summed E-state index contributed by atoms with van der Waals surface area (Å²) in [4.78, 5) is 20.5. The number of hydrogen-bond acceptors (Lipinski definition) is 4. The molecule has 0 radical (unpaired) electrons. The van der Waals surface area contributed by atoms with E-state index in [9.17, 15) is 14.7 Å². The molecule has 5 heteroatoms. The molecular formula is C6H7NaO4. The van der Waals surface area contributed by atoms with Crippen molar-refractivity contribution in [3.05, 3.63) is 11.8 Å². The molecule has 0 aliphatic carbocycles. The van der Waals surface area contributed by atoms with Crippen LogP contribution in [0.2, 0.25) is 0 Å². The molecular weight excluding hydrogens is 159 g/mol. The maximum absolute atomic E-state index is 10.4. The molecule has 4 nitrogen and oxygen atoms in total.